The normalized spacial score (nSPS) is 11.9. The Labute approximate surface area is 236 Å². The van der Waals surface area contributed by atoms with Crippen molar-refractivity contribution < 1.29 is 56.5 Å². The maximum Gasteiger partial charge on any atom is 0.673 e. The number of halogens is 12. The van der Waals surface area contributed by atoms with Crippen LogP contribution < -0.4 is 10.1 Å². The molecule has 0 bridgehead atoms. The molecule has 0 fully saturated rings. The Hall–Kier alpha value is -3.49. The number of ether oxygens (including phenoxy) is 1. The van der Waals surface area contributed by atoms with Crippen LogP contribution >= 0.6 is 0 Å². The number of hydrogen-bond acceptors (Lipinski definition) is 2. The van der Waals surface area contributed by atoms with Crippen LogP contribution in [0, 0.1) is 0 Å². The number of allylic oxidation sites excluding steroid dienone is 1. The molecule has 0 aliphatic rings. The van der Waals surface area contributed by atoms with Crippen LogP contribution in [0.1, 0.15) is 30.0 Å². The predicted molar refractivity (Wildman–Crippen MR) is 146 cm³/mol. The van der Waals surface area contributed by atoms with E-state index in [2.05, 4.69) is 97.2 Å². The van der Waals surface area contributed by atoms with Gasteiger partial charge in [0.25, 0.3) is 0 Å². The fourth-order valence-corrected chi connectivity index (χ4v) is 3.27. The van der Waals surface area contributed by atoms with E-state index in [9.17, 15) is 51.8 Å². The van der Waals surface area contributed by atoms with E-state index in [1.165, 1.54) is 27.8 Å². The van der Waals surface area contributed by atoms with Gasteiger partial charge in [-0.2, -0.15) is 0 Å². The summed E-state index contributed by atoms with van der Waals surface area (Å²) in [6.45, 7) is 3.73. The summed E-state index contributed by atoms with van der Waals surface area (Å²) in [6.07, 6.45) is 0.967. The van der Waals surface area contributed by atoms with Crippen molar-refractivity contribution in [3.8, 4) is 5.75 Å². The molecular weight excluding hydrogens is 591 g/mol. The third-order valence-electron chi connectivity index (χ3n) is 4.60. The Balaban J connectivity index is 0.000000926. The first-order valence-corrected chi connectivity index (χ1v) is 12.2. The molecule has 0 radical (unpaired) electrons. The van der Waals surface area contributed by atoms with Crippen molar-refractivity contribution in [1.82, 2.24) is 5.32 Å². The highest BCUT2D eigenvalue weighted by Crippen LogP contribution is 2.34. The fourth-order valence-electron chi connectivity index (χ4n) is 3.27. The Morgan fingerprint density at radius 2 is 0.929 bits per heavy atom. The van der Waals surface area contributed by atoms with Crippen LogP contribution in [0.25, 0.3) is 11.1 Å². The smallest absolute Gasteiger partial charge is 0.492 e. The third kappa shape index (κ3) is 22.2. The standard InChI is InChI=1S/C25H27NO.3BF4/c1-3-24(20-10-6-4-7-11-20)25(21-12-8-5-9-13-21)22-14-16-23(17-15-22)27-19-18-26-2;3*2-1(3,4)5/h4-17,26H,3,18-19H2,1-2H3;;;/q;3*-1. The molecule has 0 unspecified atom stereocenters. The van der Waals surface area contributed by atoms with Crippen molar-refractivity contribution in [2.75, 3.05) is 20.2 Å². The number of hydrogen-bond donors (Lipinski definition) is 1. The van der Waals surface area contributed by atoms with E-state index >= 15 is 0 Å². The van der Waals surface area contributed by atoms with E-state index in [0.717, 1.165) is 18.7 Å². The van der Waals surface area contributed by atoms with Crippen LogP contribution in [0.3, 0.4) is 0 Å². The molecule has 42 heavy (non-hydrogen) atoms. The summed E-state index contributed by atoms with van der Waals surface area (Å²) in [4.78, 5) is 0. The third-order valence-corrected chi connectivity index (χ3v) is 4.60. The van der Waals surface area contributed by atoms with Gasteiger partial charge in [0.05, 0.1) is 0 Å². The zero-order valence-corrected chi connectivity index (χ0v) is 22.4. The van der Waals surface area contributed by atoms with Gasteiger partial charge in [0, 0.05) is 6.54 Å². The second kappa shape index (κ2) is 18.8. The van der Waals surface area contributed by atoms with Gasteiger partial charge in [-0.1, -0.05) is 79.7 Å². The van der Waals surface area contributed by atoms with Gasteiger partial charge in [-0.15, -0.1) is 0 Å². The SMILES string of the molecule is CCC(=C(c1ccccc1)c1ccc(OCCNC)cc1)c1ccccc1.F[B-](F)(F)F.F[B-](F)(F)F.F[B-](F)(F)F. The minimum atomic E-state index is -6.00. The van der Waals surface area contributed by atoms with Gasteiger partial charge in [-0.05, 0) is 53.4 Å². The van der Waals surface area contributed by atoms with E-state index in [1.807, 2.05) is 7.05 Å². The Morgan fingerprint density at radius 3 is 1.29 bits per heavy atom. The maximum atomic E-state index is 9.75. The summed E-state index contributed by atoms with van der Waals surface area (Å²) in [5, 5.41) is 3.10. The average molecular weight is 618 g/mol. The van der Waals surface area contributed by atoms with Gasteiger partial charge in [-0.3, -0.25) is 0 Å². The quantitative estimate of drug-likeness (QED) is 0.118. The zero-order valence-electron chi connectivity index (χ0n) is 22.4. The van der Waals surface area contributed by atoms with Crippen LogP contribution in [0.2, 0.25) is 0 Å². The molecule has 0 spiro atoms. The maximum absolute atomic E-state index is 9.75. The number of benzene rings is 3. The molecule has 0 atom stereocenters. The van der Waals surface area contributed by atoms with Crippen LogP contribution in [0.5, 0.6) is 5.75 Å². The van der Waals surface area contributed by atoms with E-state index < -0.39 is 21.8 Å². The lowest BCUT2D eigenvalue weighted by atomic mass is 9.88. The lowest BCUT2D eigenvalue weighted by Crippen LogP contribution is -2.15. The van der Waals surface area contributed by atoms with Crippen molar-refractivity contribution >= 4 is 32.9 Å². The molecule has 234 valence electrons. The first-order valence-electron chi connectivity index (χ1n) is 12.2. The second-order valence-electron chi connectivity index (χ2n) is 7.90. The first-order chi connectivity index (χ1) is 19.3. The fraction of sp³-hybridized carbons (Fsp3) is 0.200. The van der Waals surface area contributed by atoms with Gasteiger partial charge in [0.1, 0.15) is 12.4 Å². The highest BCUT2D eigenvalue weighted by atomic mass is 19.5. The molecule has 17 heteroatoms. The van der Waals surface area contributed by atoms with Crippen LogP contribution in [-0.4, -0.2) is 42.0 Å². The molecule has 0 aromatic heterocycles. The van der Waals surface area contributed by atoms with Crippen molar-refractivity contribution in [1.29, 1.82) is 0 Å². The monoisotopic (exact) mass is 618 g/mol. The van der Waals surface area contributed by atoms with Gasteiger partial charge < -0.3 is 61.8 Å². The highest BCUT2D eigenvalue weighted by molar-refractivity contribution is 6.50. The van der Waals surface area contributed by atoms with Crippen LogP contribution in [-0.2, 0) is 0 Å². The van der Waals surface area contributed by atoms with Crippen molar-refractivity contribution in [2.24, 2.45) is 0 Å². The van der Waals surface area contributed by atoms with E-state index in [1.54, 1.807) is 0 Å². The predicted octanol–water partition coefficient (Wildman–Crippen LogP) is 9.55. The molecular formula is C25H27B3F12NO-3. The molecule has 3 rings (SSSR count). The number of rotatable bonds is 8. The van der Waals surface area contributed by atoms with E-state index in [0.29, 0.717) is 6.61 Å². The van der Waals surface area contributed by atoms with E-state index in [-0.39, 0.29) is 0 Å². The second-order valence-corrected chi connectivity index (χ2v) is 7.90. The number of nitrogens with one attached hydrogen (secondary N) is 1. The summed E-state index contributed by atoms with van der Waals surface area (Å²) >= 11 is 0. The molecule has 0 heterocycles. The summed E-state index contributed by atoms with van der Waals surface area (Å²) in [5.74, 6) is 0.902. The van der Waals surface area contributed by atoms with Crippen LogP contribution in [0.4, 0.5) is 51.8 Å². The summed E-state index contributed by atoms with van der Waals surface area (Å²) in [6, 6.07) is 29.7. The molecule has 3 aromatic rings. The summed E-state index contributed by atoms with van der Waals surface area (Å²) in [5.41, 5.74) is 6.36. The summed E-state index contributed by atoms with van der Waals surface area (Å²) in [7, 11) is -16.1. The van der Waals surface area contributed by atoms with Crippen molar-refractivity contribution in [3.05, 3.63) is 102 Å². The average Bonchev–Trinajstić information content (AvgIpc) is 2.86. The minimum absolute atomic E-state index is 0.668. The molecule has 3 aromatic carbocycles. The summed E-state index contributed by atoms with van der Waals surface area (Å²) < 4.78 is 123. The number of likely N-dealkylation sites (N-methyl/N-ethyl adjacent to an activating group) is 1. The van der Waals surface area contributed by atoms with Crippen molar-refractivity contribution in [3.63, 3.8) is 0 Å². The van der Waals surface area contributed by atoms with Gasteiger partial charge >= 0.3 is 21.8 Å². The van der Waals surface area contributed by atoms with Gasteiger partial charge in [0.15, 0.2) is 0 Å². The Bertz CT molecular complexity index is 1110. The highest BCUT2D eigenvalue weighted by Gasteiger charge is 2.21. The van der Waals surface area contributed by atoms with E-state index in [4.69, 9.17) is 4.74 Å². The lowest BCUT2D eigenvalue weighted by molar-refractivity contribution is 0.318. The minimum Gasteiger partial charge on any atom is -0.492 e. The van der Waals surface area contributed by atoms with Gasteiger partial charge in [-0.25, -0.2) is 0 Å². The Morgan fingerprint density at radius 1 is 0.571 bits per heavy atom. The van der Waals surface area contributed by atoms with Crippen molar-refractivity contribution in [2.45, 2.75) is 13.3 Å². The molecule has 0 amide bonds. The molecule has 0 saturated heterocycles. The topological polar surface area (TPSA) is 21.3 Å². The lowest BCUT2D eigenvalue weighted by Gasteiger charge is -2.17. The zero-order chi connectivity index (χ0) is 32.4. The van der Waals surface area contributed by atoms with Crippen LogP contribution in [0.15, 0.2) is 84.9 Å². The molecule has 2 nitrogen and oxygen atoms in total. The molecule has 0 aliphatic heterocycles. The molecule has 0 saturated carbocycles. The Kier molecular flexibility index (Phi) is 17.3. The molecule has 1 N–H and O–H groups in total. The molecule has 0 aliphatic carbocycles. The largest absolute Gasteiger partial charge is 0.673 e. The van der Waals surface area contributed by atoms with Gasteiger partial charge in [0.2, 0.25) is 0 Å². The first kappa shape index (κ1) is 38.5.